The lowest BCUT2D eigenvalue weighted by Gasteiger charge is -2.33. The summed E-state index contributed by atoms with van der Waals surface area (Å²) in [4.78, 5) is 27.8. The first-order chi connectivity index (χ1) is 16.5. The number of nitrogens with one attached hydrogen (secondary N) is 2. The van der Waals surface area contributed by atoms with Gasteiger partial charge in [0.15, 0.2) is 11.5 Å². The zero-order valence-corrected chi connectivity index (χ0v) is 20.2. The topological polar surface area (TPSA) is 79.9 Å². The molecule has 34 heavy (non-hydrogen) atoms. The van der Waals surface area contributed by atoms with Gasteiger partial charge in [0.2, 0.25) is 11.8 Å². The van der Waals surface area contributed by atoms with Crippen molar-refractivity contribution < 1.29 is 19.1 Å². The summed E-state index contributed by atoms with van der Waals surface area (Å²) in [5.41, 5.74) is 2.46. The van der Waals surface area contributed by atoms with Gasteiger partial charge in [-0.1, -0.05) is 44.0 Å². The van der Waals surface area contributed by atoms with Gasteiger partial charge < -0.3 is 20.1 Å². The van der Waals surface area contributed by atoms with Crippen LogP contribution in [0.5, 0.6) is 11.5 Å². The second-order valence-electron chi connectivity index (χ2n) is 9.27. The Bertz CT molecular complexity index is 1020. The van der Waals surface area contributed by atoms with Crippen LogP contribution in [-0.4, -0.2) is 49.6 Å². The highest BCUT2D eigenvalue weighted by Crippen LogP contribution is 2.42. The minimum atomic E-state index is -0.409. The second-order valence-corrected chi connectivity index (χ2v) is 9.27. The van der Waals surface area contributed by atoms with E-state index in [0.717, 1.165) is 60.4 Å². The molecule has 0 atom stereocenters. The number of amides is 2. The average Bonchev–Trinajstić information content (AvgIpc) is 3.30. The number of anilines is 1. The molecule has 2 aliphatic rings. The zero-order valence-electron chi connectivity index (χ0n) is 20.2. The number of rotatable bonds is 9. The van der Waals surface area contributed by atoms with Crippen molar-refractivity contribution in [1.82, 2.24) is 10.2 Å². The number of fused-ring (bicyclic) bond motifs is 1. The van der Waals surface area contributed by atoms with Crippen LogP contribution in [-0.2, 0) is 15.1 Å². The molecular formula is C27H35N3O4. The molecular weight excluding hydrogens is 430 g/mol. The number of benzene rings is 2. The van der Waals surface area contributed by atoms with Gasteiger partial charge >= 0.3 is 0 Å². The molecule has 2 amide bonds. The highest BCUT2D eigenvalue weighted by atomic mass is 16.6. The summed E-state index contributed by atoms with van der Waals surface area (Å²) >= 11 is 0. The maximum atomic E-state index is 13.2. The normalized spacial score (nSPS) is 16.3. The van der Waals surface area contributed by atoms with Crippen LogP contribution < -0.4 is 20.1 Å². The van der Waals surface area contributed by atoms with E-state index in [2.05, 4.69) is 17.6 Å². The van der Waals surface area contributed by atoms with Crippen LogP contribution in [0.3, 0.4) is 0 Å². The number of aryl methyl sites for hydroxylation is 1. The molecule has 1 heterocycles. The van der Waals surface area contributed by atoms with Crippen LogP contribution in [0.2, 0.25) is 0 Å². The summed E-state index contributed by atoms with van der Waals surface area (Å²) in [7, 11) is 0. The van der Waals surface area contributed by atoms with Gasteiger partial charge in [-0.05, 0) is 62.1 Å². The molecule has 2 aromatic carbocycles. The third-order valence-corrected chi connectivity index (χ3v) is 6.62. The maximum Gasteiger partial charge on any atom is 0.238 e. The van der Waals surface area contributed by atoms with E-state index >= 15 is 0 Å². The second kappa shape index (κ2) is 10.9. The summed E-state index contributed by atoms with van der Waals surface area (Å²) < 4.78 is 11.4. The predicted octanol–water partition coefficient (Wildman–Crippen LogP) is 4.00. The molecule has 182 valence electrons. The van der Waals surface area contributed by atoms with E-state index in [1.807, 2.05) is 54.3 Å². The maximum absolute atomic E-state index is 13.2. The Balaban J connectivity index is 1.42. The van der Waals surface area contributed by atoms with Crippen molar-refractivity contribution in [2.24, 2.45) is 0 Å². The quantitative estimate of drug-likeness (QED) is 0.585. The van der Waals surface area contributed by atoms with Crippen molar-refractivity contribution in [3.8, 4) is 11.5 Å². The minimum Gasteiger partial charge on any atom is -0.486 e. The minimum absolute atomic E-state index is 0.0612. The van der Waals surface area contributed by atoms with Crippen molar-refractivity contribution in [1.29, 1.82) is 0 Å². The van der Waals surface area contributed by atoms with Crippen molar-refractivity contribution in [2.75, 3.05) is 38.2 Å². The van der Waals surface area contributed by atoms with Gasteiger partial charge in [-0.25, -0.2) is 0 Å². The Morgan fingerprint density at radius 1 is 0.971 bits per heavy atom. The lowest BCUT2D eigenvalue weighted by molar-refractivity contribution is -0.125. The SMILES string of the molecule is CCCN(CC(=O)Nc1ccccc1C)CC(=O)NC1(c2ccc3c(c2)OCCO3)CCCC1. The Morgan fingerprint density at radius 2 is 1.68 bits per heavy atom. The highest BCUT2D eigenvalue weighted by Gasteiger charge is 2.38. The van der Waals surface area contributed by atoms with Gasteiger partial charge in [0, 0.05) is 5.69 Å². The van der Waals surface area contributed by atoms with Crippen LogP contribution in [0.1, 0.15) is 50.2 Å². The molecule has 1 aliphatic carbocycles. The van der Waals surface area contributed by atoms with Gasteiger partial charge in [0.05, 0.1) is 18.6 Å². The third-order valence-electron chi connectivity index (χ3n) is 6.62. The average molecular weight is 466 g/mol. The van der Waals surface area contributed by atoms with Gasteiger partial charge in [0.25, 0.3) is 0 Å². The molecule has 7 heteroatoms. The molecule has 0 spiro atoms. The third kappa shape index (κ3) is 5.70. The molecule has 2 aromatic rings. The first-order valence-corrected chi connectivity index (χ1v) is 12.3. The highest BCUT2D eigenvalue weighted by molar-refractivity contribution is 5.93. The standard InChI is InChI=1S/C27H35N3O4/c1-3-14-30(18-25(31)28-22-9-5-4-8-20(22)2)19-26(32)29-27(12-6-7-13-27)21-10-11-23-24(17-21)34-16-15-33-23/h4-5,8-11,17H,3,6-7,12-16,18-19H2,1-2H3,(H,28,31)(H,29,32). The molecule has 7 nitrogen and oxygen atoms in total. The predicted molar refractivity (Wildman–Crippen MR) is 132 cm³/mol. The number of nitrogens with zero attached hydrogens (tertiary/aromatic N) is 1. The fourth-order valence-electron chi connectivity index (χ4n) is 4.95. The van der Waals surface area contributed by atoms with E-state index in [1.165, 1.54) is 0 Å². The van der Waals surface area contributed by atoms with E-state index < -0.39 is 5.54 Å². The molecule has 0 bridgehead atoms. The Hall–Kier alpha value is -3.06. The Labute approximate surface area is 201 Å². The first kappa shape index (κ1) is 24.1. The van der Waals surface area contributed by atoms with Crippen molar-refractivity contribution in [3.63, 3.8) is 0 Å². The Morgan fingerprint density at radius 3 is 2.41 bits per heavy atom. The summed E-state index contributed by atoms with van der Waals surface area (Å²) in [6, 6.07) is 13.7. The van der Waals surface area contributed by atoms with Crippen molar-refractivity contribution in [2.45, 2.75) is 51.5 Å². The van der Waals surface area contributed by atoms with Gasteiger partial charge in [-0.3, -0.25) is 14.5 Å². The lowest BCUT2D eigenvalue weighted by Crippen LogP contribution is -2.49. The fraction of sp³-hybridized carbons (Fsp3) is 0.481. The first-order valence-electron chi connectivity index (χ1n) is 12.3. The van der Waals surface area contributed by atoms with Crippen LogP contribution in [0, 0.1) is 6.92 Å². The van der Waals surface area contributed by atoms with E-state index in [-0.39, 0.29) is 24.9 Å². The molecule has 0 saturated heterocycles. The summed E-state index contributed by atoms with van der Waals surface area (Å²) in [6.07, 6.45) is 4.76. The Kier molecular flexibility index (Phi) is 7.73. The molecule has 1 aliphatic heterocycles. The largest absolute Gasteiger partial charge is 0.486 e. The zero-order chi connectivity index (χ0) is 24.0. The number of ether oxygens (including phenoxy) is 2. The van der Waals surface area contributed by atoms with Crippen LogP contribution in [0.25, 0.3) is 0 Å². The van der Waals surface area contributed by atoms with Crippen molar-refractivity contribution in [3.05, 3.63) is 53.6 Å². The van der Waals surface area contributed by atoms with Crippen LogP contribution in [0.4, 0.5) is 5.69 Å². The molecule has 1 fully saturated rings. The van der Waals surface area contributed by atoms with Crippen LogP contribution >= 0.6 is 0 Å². The molecule has 0 unspecified atom stereocenters. The smallest absolute Gasteiger partial charge is 0.238 e. The summed E-state index contributed by atoms with van der Waals surface area (Å²) in [6.45, 7) is 6.13. The summed E-state index contributed by atoms with van der Waals surface area (Å²) in [5, 5.41) is 6.30. The number of carbonyl (C=O) groups excluding carboxylic acids is 2. The lowest BCUT2D eigenvalue weighted by atomic mass is 9.87. The van der Waals surface area contributed by atoms with E-state index in [0.29, 0.717) is 19.8 Å². The molecule has 2 N–H and O–H groups in total. The number of carbonyl (C=O) groups is 2. The van der Waals surface area contributed by atoms with Gasteiger partial charge in [-0.2, -0.15) is 0 Å². The molecule has 1 saturated carbocycles. The summed E-state index contributed by atoms with van der Waals surface area (Å²) in [5.74, 6) is 1.32. The van der Waals surface area contributed by atoms with Gasteiger partial charge in [0.1, 0.15) is 13.2 Å². The number of hydrogen-bond acceptors (Lipinski definition) is 5. The molecule has 0 aromatic heterocycles. The number of hydrogen-bond donors (Lipinski definition) is 2. The fourth-order valence-corrected chi connectivity index (χ4v) is 4.95. The van der Waals surface area contributed by atoms with Crippen LogP contribution in [0.15, 0.2) is 42.5 Å². The monoisotopic (exact) mass is 465 g/mol. The molecule has 0 radical (unpaired) electrons. The van der Waals surface area contributed by atoms with E-state index in [1.54, 1.807) is 0 Å². The number of para-hydroxylation sites is 1. The van der Waals surface area contributed by atoms with Crippen molar-refractivity contribution >= 4 is 17.5 Å². The molecule has 4 rings (SSSR count). The van der Waals surface area contributed by atoms with E-state index in [4.69, 9.17) is 9.47 Å². The van der Waals surface area contributed by atoms with E-state index in [9.17, 15) is 9.59 Å². The van der Waals surface area contributed by atoms with Gasteiger partial charge in [-0.15, -0.1) is 0 Å².